The largest absolute Gasteiger partial charge is 0.445 e. The molecule has 0 heterocycles. The molecular formula is C23H22NO6P. The van der Waals surface area contributed by atoms with Crippen LogP contribution < -0.4 is 14.4 Å². The monoisotopic (exact) mass is 439 g/mol. The second-order valence-electron chi connectivity index (χ2n) is 6.53. The number of amides is 1. The van der Waals surface area contributed by atoms with Gasteiger partial charge in [0.1, 0.15) is 24.3 Å². The van der Waals surface area contributed by atoms with E-state index in [4.69, 9.17) is 13.8 Å². The van der Waals surface area contributed by atoms with Gasteiger partial charge in [-0.25, -0.2) is 9.36 Å². The molecule has 0 saturated heterocycles. The molecule has 0 fully saturated rings. The van der Waals surface area contributed by atoms with Gasteiger partial charge in [-0.1, -0.05) is 66.7 Å². The number of benzene rings is 3. The molecule has 3 aromatic carbocycles. The number of Topliss-reactive ketones (excluding diaryl/α,β-unsaturated/α-hetero) is 1. The third kappa shape index (κ3) is 7.64. The summed E-state index contributed by atoms with van der Waals surface area (Å²) in [7, 11) is -3.88. The summed E-state index contributed by atoms with van der Waals surface area (Å²) in [5.41, 5.74) is 0.820. The first-order chi connectivity index (χ1) is 15.0. The minimum absolute atomic E-state index is 0.0770. The molecular weight excluding hydrogens is 417 g/mol. The standard InChI is InChI=1S/C23H22NO6P/c25-20(16-24-23(26)28-17-19-10-4-1-5-11-19)18-31(27,29-21-12-6-2-7-13-21)30-22-14-8-3-9-15-22/h1-15H,16-18H2,(H,24,26). The Bertz CT molecular complexity index is 982. The maximum atomic E-state index is 13.3. The molecule has 160 valence electrons. The van der Waals surface area contributed by atoms with Gasteiger partial charge >= 0.3 is 13.7 Å². The average Bonchev–Trinajstić information content (AvgIpc) is 2.78. The quantitative estimate of drug-likeness (QED) is 0.455. The van der Waals surface area contributed by atoms with Crippen molar-refractivity contribution in [3.05, 3.63) is 96.6 Å². The first-order valence-corrected chi connectivity index (χ1v) is 11.3. The number of nitrogens with one attached hydrogen (secondary N) is 1. The third-order valence-electron chi connectivity index (χ3n) is 3.99. The van der Waals surface area contributed by atoms with Gasteiger partial charge in [0.25, 0.3) is 0 Å². The predicted molar refractivity (Wildman–Crippen MR) is 116 cm³/mol. The number of carbonyl (C=O) groups excluding carboxylic acids is 2. The number of hydrogen-bond donors (Lipinski definition) is 1. The summed E-state index contributed by atoms with van der Waals surface area (Å²) in [6, 6.07) is 26.0. The molecule has 7 nitrogen and oxygen atoms in total. The lowest BCUT2D eigenvalue weighted by Crippen LogP contribution is -2.32. The highest BCUT2D eigenvalue weighted by atomic mass is 31.2. The highest BCUT2D eigenvalue weighted by Gasteiger charge is 2.32. The van der Waals surface area contributed by atoms with Crippen molar-refractivity contribution in [3.63, 3.8) is 0 Å². The van der Waals surface area contributed by atoms with Gasteiger partial charge < -0.3 is 19.1 Å². The fourth-order valence-electron chi connectivity index (χ4n) is 2.58. The Morgan fingerprint density at radius 2 is 1.23 bits per heavy atom. The van der Waals surface area contributed by atoms with Crippen LogP contribution in [0.2, 0.25) is 0 Å². The van der Waals surface area contributed by atoms with Gasteiger partial charge in [0, 0.05) is 0 Å². The summed E-state index contributed by atoms with van der Waals surface area (Å²) in [5.74, 6) is 0.0986. The van der Waals surface area contributed by atoms with Crippen molar-refractivity contribution in [2.24, 2.45) is 0 Å². The van der Waals surface area contributed by atoms with E-state index in [0.717, 1.165) is 5.56 Å². The van der Waals surface area contributed by atoms with E-state index in [2.05, 4.69) is 5.32 Å². The van der Waals surface area contributed by atoms with Crippen LogP contribution in [0.25, 0.3) is 0 Å². The maximum absolute atomic E-state index is 13.3. The van der Waals surface area contributed by atoms with E-state index in [0.29, 0.717) is 11.5 Å². The molecule has 31 heavy (non-hydrogen) atoms. The van der Waals surface area contributed by atoms with Crippen LogP contribution in [0.1, 0.15) is 5.56 Å². The highest BCUT2D eigenvalue weighted by Crippen LogP contribution is 2.48. The molecule has 0 bridgehead atoms. The van der Waals surface area contributed by atoms with Crippen LogP contribution in [0.15, 0.2) is 91.0 Å². The van der Waals surface area contributed by atoms with E-state index in [1.165, 1.54) is 0 Å². The number of rotatable bonds is 10. The van der Waals surface area contributed by atoms with E-state index < -0.39 is 25.6 Å². The number of ketones is 1. The molecule has 8 heteroatoms. The number of carbonyl (C=O) groups is 2. The van der Waals surface area contributed by atoms with Crippen LogP contribution in [0.4, 0.5) is 4.79 Å². The van der Waals surface area contributed by atoms with E-state index in [1.807, 2.05) is 30.3 Å². The summed E-state index contributed by atoms with van der Waals surface area (Å²) in [6.45, 7) is -0.290. The molecule has 3 rings (SSSR count). The smallest absolute Gasteiger partial charge is 0.438 e. The Morgan fingerprint density at radius 1 is 0.742 bits per heavy atom. The van der Waals surface area contributed by atoms with Crippen LogP contribution in [-0.2, 0) is 20.7 Å². The summed E-state index contributed by atoms with van der Waals surface area (Å²) in [4.78, 5) is 24.3. The van der Waals surface area contributed by atoms with Crippen molar-refractivity contribution in [2.75, 3.05) is 12.7 Å². The zero-order valence-electron chi connectivity index (χ0n) is 16.7. The number of hydrogen-bond acceptors (Lipinski definition) is 6. The summed E-state index contributed by atoms with van der Waals surface area (Å²) in [5, 5.41) is 2.36. The minimum Gasteiger partial charge on any atom is -0.445 e. The van der Waals surface area contributed by atoms with Gasteiger partial charge in [-0.05, 0) is 29.8 Å². The molecule has 0 atom stereocenters. The highest BCUT2D eigenvalue weighted by molar-refractivity contribution is 7.55. The Labute approximate surface area is 180 Å². The van der Waals surface area contributed by atoms with Crippen molar-refractivity contribution in [1.82, 2.24) is 5.32 Å². The van der Waals surface area contributed by atoms with Crippen LogP contribution >= 0.6 is 7.60 Å². The molecule has 0 aromatic heterocycles. The Morgan fingerprint density at radius 3 is 1.74 bits per heavy atom. The molecule has 3 aromatic rings. The molecule has 0 aliphatic heterocycles. The Hall–Kier alpha value is -3.57. The molecule has 0 aliphatic rings. The molecule has 0 spiro atoms. The van der Waals surface area contributed by atoms with Crippen LogP contribution in [-0.4, -0.2) is 24.6 Å². The lowest BCUT2D eigenvalue weighted by molar-refractivity contribution is -0.116. The van der Waals surface area contributed by atoms with Crippen molar-refractivity contribution in [1.29, 1.82) is 0 Å². The van der Waals surface area contributed by atoms with Gasteiger partial charge in [0.2, 0.25) is 0 Å². The number of para-hydroxylation sites is 2. The summed E-state index contributed by atoms with van der Waals surface area (Å²) >= 11 is 0. The lowest BCUT2D eigenvalue weighted by Gasteiger charge is -2.19. The molecule has 0 radical (unpaired) electrons. The molecule has 1 amide bonds. The molecule has 0 aliphatic carbocycles. The third-order valence-corrected chi connectivity index (χ3v) is 5.71. The van der Waals surface area contributed by atoms with Gasteiger partial charge in [-0.3, -0.25) is 4.79 Å². The normalized spacial score (nSPS) is 10.7. The Balaban J connectivity index is 1.57. The van der Waals surface area contributed by atoms with Crippen molar-refractivity contribution < 1.29 is 27.9 Å². The number of alkyl carbamates (subject to hydrolysis) is 1. The SMILES string of the molecule is O=C(CNC(=O)OCc1ccccc1)CP(=O)(Oc1ccccc1)Oc1ccccc1. The zero-order valence-corrected chi connectivity index (χ0v) is 17.6. The van der Waals surface area contributed by atoms with Crippen molar-refractivity contribution in [3.8, 4) is 11.5 Å². The number of ether oxygens (including phenoxy) is 1. The van der Waals surface area contributed by atoms with Gasteiger partial charge in [0.05, 0.1) is 6.54 Å². The minimum atomic E-state index is -3.88. The van der Waals surface area contributed by atoms with Crippen molar-refractivity contribution in [2.45, 2.75) is 6.61 Å². The lowest BCUT2D eigenvalue weighted by atomic mass is 10.2. The van der Waals surface area contributed by atoms with Crippen LogP contribution in [0, 0.1) is 0 Å². The predicted octanol–water partition coefficient (Wildman–Crippen LogP) is 4.83. The van der Waals surface area contributed by atoms with Crippen LogP contribution in [0.5, 0.6) is 11.5 Å². The van der Waals surface area contributed by atoms with Crippen LogP contribution in [0.3, 0.4) is 0 Å². The maximum Gasteiger partial charge on any atom is 0.438 e. The Kier molecular flexibility index (Phi) is 7.85. The fourth-order valence-corrected chi connectivity index (χ4v) is 4.18. The zero-order chi connectivity index (χ0) is 21.9. The van der Waals surface area contributed by atoms with E-state index in [9.17, 15) is 14.2 Å². The van der Waals surface area contributed by atoms with Gasteiger partial charge in [-0.2, -0.15) is 0 Å². The summed E-state index contributed by atoms with van der Waals surface area (Å²) in [6.07, 6.45) is -1.27. The van der Waals surface area contributed by atoms with E-state index >= 15 is 0 Å². The topological polar surface area (TPSA) is 90.9 Å². The van der Waals surface area contributed by atoms with Crippen molar-refractivity contribution >= 4 is 19.5 Å². The van der Waals surface area contributed by atoms with E-state index in [1.54, 1.807) is 60.7 Å². The summed E-state index contributed by atoms with van der Waals surface area (Å²) < 4.78 is 29.5. The average molecular weight is 439 g/mol. The molecule has 0 unspecified atom stereocenters. The van der Waals surface area contributed by atoms with E-state index in [-0.39, 0.29) is 13.2 Å². The van der Waals surface area contributed by atoms with Gasteiger partial charge in [0.15, 0.2) is 5.78 Å². The first-order valence-electron chi connectivity index (χ1n) is 9.57. The molecule has 1 N–H and O–H groups in total. The van der Waals surface area contributed by atoms with Gasteiger partial charge in [-0.15, -0.1) is 0 Å². The fraction of sp³-hybridized carbons (Fsp3) is 0.130. The molecule has 0 saturated carbocycles. The second kappa shape index (κ2) is 11.0. The second-order valence-corrected chi connectivity index (χ2v) is 8.43. The first kappa shape index (κ1) is 22.1.